The molecule has 2 rings (SSSR count). The van der Waals surface area contributed by atoms with Crippen LogP contribution in [0.2, 0.25) is 5.02 Å². The number of aromatic hydroxyl groups is 1. The number of rotatable bonds is 14. The number of pyridine rings is 1. The zero-order valence-corrected chi connectivity index (χ0v) is 20.3. The number of likely N-dealkylation sites (N-methyl/N-ethyl adjacent to an activating group) is 1. The summed E-state index contributed by atoms with van der Waals surface area (Å²) in [5.41, 5.74) is -1.79. The molecule has 1 aromatic carbocycles. The van der Waals surface area contributed by atoms with Crippen molar-refractivity contribution < 1.29 is 28.2 Å². The third-order valence-electron chi connectivity index (χ3n) is 5.32. The highest BCUT2D eigenvalue weighted by atomic mass is 35.5. The maximum Gasteiger partial charge on any atom is 0.257 e. The van der Waals surface area contributed by atoms with Crippen molar-refractivity contribution in [3.8, 4) is 5.75 Å². The Balaban J connectivity index is 2.07. The second-order valence-corrected chi connectivity index (χ2v) is 8.26. The number of carbonyl (C=O) groups is 2. The molecule has 0 saturated heterocycles. The van der Waals surface area contributed by atoms with Gasteiger partial charge in [0.05, 0.1) is 6.73 Å². The topological polar surface area (TPSA) is 113 Å². The van der Waals surface area contributed by atoms with Crippen molar-refractivity contribution in [2.45, 2.75) is 25.9 Å². The van der Waals surface area contributed by atoms with Crippen molar-refractivity contribution in [2.75, 3.05) is 40.5 Å². The van der Waals surface area contributed by atoms with Crippen LogP contribution >= 0.6 is 11.6 Å². The molecule has 2 aromatic rings. The third-order valence-corrected chi connectivity index (χ3v) is 5.67. The molecule has 1 heterocycles. The van der Waals surface area contributed by atoms with E-state index in [0.29, 0.717) is 19.6 Å². The van der Waals surface area contributed by atoms with E-state index < -0.39 is 39.3 Å². The number of nitrogens with zero attached hydrogens (tertiary/aromatic N) is 2. The SMILES string of the molecule is COCNCCCCN(C)CCn1cc(C(=O)NCc2ccc(F)c(Cl)c2F)c(=O)c(O)c1C=O. The molecular formula is C23H29ClF2N4O5. The van der Waals surface area contributed by atoms with Crippen molar-refractivity contribution in [3.63, 3.8) is 0 Å². The minimum absolute atomic E-state index is 0.0853. The summed E-state index contributed by atoms with van der Waals surface area (Å²) in [5.74, 6) is -3.71. The number of hydrogen-bond donors (Lipinski definition) is 3. The van der Waals surface area contributed by atoms with Gasteiger partial charge in [0.15, 0.2) is 12.0 Å². The Labute approximate surface area is 206 Å². The van der Waals surface area contributed by atoms with Crippen molar-refractivity contribution in [2.24, 2.45) is 0 Å². The molecule has 0 saturated carbocycles. The molecule has 1 aromatic heterocycles. The van der Waals surface area contributed by atoms with Gasteiger partial charge in [-0.2, -0.15) is 0 Å². The monoisotopic (exact) mass is 514 g/mol. The first kappa shape index (κ1) is 28.4. The molecule has 0 aliphatic heterocycles. The van der Waals surface area contributed by atoms with Crippen LogP contribution in [0.1, 0.15) is 39.3 Å². The first-order valence-electron chi connectivity index (χ1n) is 10.9. The Morgan fingerprint density at radius 3 is 2.71 bits per heavy atom. The van der Waals surface area contributed by atoms with Gasteiger partial charge in [0.25, 0.3) is 5.91 Å². The normalized spacial score (nSPS) is 11.1. The molecule has 3 N–H and O–H groups in total. The van der Waals surface area contributed by atoms with Gasteiger partial charge in [0, 0.05) is 38.5 Å². The number of ether oxygens (including phenoxy) is 1. The Morgan fingerprint density at radius 2 is 2.03 bits per heavy atom. The molecule has 0 aliphatic carbocycles. The van der Waals surface area contributed by atoms with E-state index in [1.54, 1.807) is 7.11 Å². The number of aromatic nitrogens is 1. The molecule has 0 radical (unpaired) electrons. The van der Waals surface area contributed by atoms with Gasteiger partial charge < -0.3 is 24.6 Å². The molecule has 12 heteroatoms. The Morgan fingerprint density at radius 1 is 1.29 bits per heavy atom. The highest BCUT2D eigenvalue weighted by molar-refractivity contribution is 6.30. The molecule has 35 heavy (non-hydrogen) atoms. The van der Waals surface area contributed by atoms with Gasteiger partial charge in [0.2, 0.25) is 5.43 Å². The fraction of sp³-hybridized carbons (Fsp3) is 0.435. The van der Waals surface area contributed by atoms with Crippen LogP contribution in [-0.4, -0.2) is 67.3 Å². The number of amides is 1. The Bertz CT molecular complexity index is 1100. The molecule has 9 nitrogen and oxygen atoms in total. The van der Waals surface area contributed by atoms with E-state index in [-0.39, 0.29) is 24.3 Å². The Hall–Kier alpha value is -2.86. The van der Waals surface area contributed by atoms with Crippen LogP contribution in [0.3, 0.4) is 0 Å². The summed E-state index contributed by atoms with van der Waals surface area (Å²) >= 11 is 5.54. The maximum atomic E-state index is 14.1. The summed E-state index contributed by atoms with van der Waals surface area (Å²) < 4.78 is 33.6. The molecule has 0 spiro atoms. The van der Waals surface area contributed by atoms with Crippen LogP contribution in [0.25, 0.3) is 0 Å². The quantitative estimate of drug-likeness (QED) is 0.153. The largest absolute Gasteiger partial charge is 0.503 e. The zero-order chi connectivity index (χ0) is 26.0. The van der Waals surface area contributed by atoms with Gasteiger partial charge >= 0.3 is 0 Å². The zero-order valence-electron chi connectivity index (χ0n) is 19.6. The average Bonchev–Trinajstić information content (AvgIpc) is 2.84. The fourth-order valence-corrected chi connectivity index (χ4v) is 3.49. The average molecular weight is 515 g/mol. The van der Waals surface area contributed by atoms with E-state index in [1.807, 2.05) is 11.9 Å². The lowest BCUT2D eigenvalue weighted by molar-refractivity contribution is 0.0946. The van der Waals surface area contributed by atoms with Gasteiger partial charge in [-0.15, -0.1) is 0 Å². The first-order valence-corrected chi connectivity index (χ1v) is 11.3. The summed E-state index contributed by atoms with van der Waals surface area (Å²) in [6, 6.07) is 2.07. The van der Waals surface area contributed by atoms with Crippen LogP contribution < -0.4 is 16.1 Å². The number of hydrogen-bond acceptors (Lipinski definition) is 7. The number of benzene rings is 1. The smallest absolute Gasteiger partial charge is 0.257 e. The lowest BCUT2D eigenvalue weighted by Gasteiger charge is -2.19. The van der Waals surface area contributed by atoms with Gasteiger partial charge in [-0.1, -0.05) is 17.7 Å². The molecule has 0 atom stereocenters. The highest BCUT2D eigenvalue weighted by Crippen LogP contribution is 2.22. The summed E-state index contributed by atoms with van der Waals surface area (Å²) in [4.78, 5) is 38.6. The summed E-state index contributed by atoms with van der Waals surface area (Å²) in [6.07, 6.45) is 3.38. The maximum absolute atomic E-state index is 14.1. The van der Waals surface area contributed by atoms with Crippen molar-refractivity contribution in [3.05, 3.63) is 62.0 Å². The predicted molar refractivity (Wildman–Crippen MR) is 127 cm³/mol. The van der Waals surface area contributed by atoms with E-state index in [9.17, 15) is 28.3 Å². The highest BCUT2D eigenvalue weighted by Gasteiger charge is 2.20. The fourth-order valence-electron chi connectivity index (χ4n) is 3.30. The predicted octanol–water partition coefficient (Wildman–Crippen LogP) is 2.13. The van der Waals surface area contributed by atoms with Crippen LogP contribution in [-0.2, 0) is 17.8 Å². The van der Waals surface area contributed by atoms with Crippen molar-refractivity contribution in [1.29, 1.82) is 0 Å². The number of methoxy groups -OCH3 is 1. The van der Waals surface area contributed by atoms with E-state index in [1.165, 1.54) is 10.8 Å². The van der Waals surface area contributed by atoms with Gasteiger partial charge in [-0.05, 0) is 39.0 Å². The van der Waals surface area contributed by atoms with Gasteiger partial charge in [0.1, 0.15) is 27.9 Å². The van der Waals surface area contributed by atoms with Crippen LogP contribution in [0, 0.1) is 11.6 Å². The van der Waals surface area contributed by atoms with Crippen LogP contribution in [0.15, 0.2) is 23.1 Å². The number of unbranched alkanes of at least 4 members (excludes halogenated alkanes) is 1. The van der Waals surface area contributed by atoms with E-state index in [4.69, 9.17) is 16.3 Å². The van der Waals surface area contributed by atoms with E-state index in [0.717, 1.165) is 38.1 Å². The first-order chi connectivity index (χ1) is 16.7. The second kappa shape index (κ2) is 13.9. The molecule has 0 aliphatic rings. The molecular weight excluding hydrogens is 486 g/mol. The summed E-state index contributed by atoms with van der Waals surface area (Å²) in [7, 11) is 3.50. The van der Waals surface area contributed by atoms with Crippen LogP contribution in [0.5, 0.6) is 5.75 Å². The number of halogens is 3. The number of nitrogens with one attached hydrogen (secondary N) is 2. The lowest BCUT2D eigenvalue weighted by atomic mass is 10.1. The van der Waals surface area contributed by atoms with Crippen molar-refractivity contribution >= 4 is 23.8 Å². The summed E-state index contributed by atoms with van der Waals surface area (Å²) in [5, 5.41) is 15.0. The standard InChI is InChI=1S/C23H29ClF2N4O5/c1-29(8-4-3-7-27-14-35-2)9-10-30-12-16(21(32)22(33)18(30)13-31)23(34)28-11-15-5-6-17(25)19(24)20(15)26/h5-6,12-13,27,33H,3-4,7-11,14H2,1-2H3,(H,28,34). The molecule has 1 amide bonds. The Kier molecular flexibility index (Phi) is 11.3. The van der Waals surface area contributed by atoms with E-state index >= 15 is 0 Å². The molecule has 192 valence electrons. The minimum atomic E-state index is -1.03. The third kappa shape index (κ3) is 7.82. The molecule has 0 fully saturated rings. The number of aldehydes is 1. The molecule has 0 unspecified atom stereocenters. The van der Waals surface area contributed by atoms with Gasteiger partial charge in [-0.3, -0.25) is 19.7 Å². The van der Waals surface area contributed by atoms with Gasteiger partial charge in [-0.25, -0.2) is 8.78 Å². The second-order valence-electron chi connectivity index (χ2n) is 7.88. The minimum Gasteiger partial charge on any atom is -0.503 e. The number of carbonyl (C=O) groups excluding carboxylic acids is 2. The molecule has 0 bridgehead atoms. The lowest BCUT2D eigenvalue weighted by Crippen LogP contribution is -2.32. The van der Waals surface area contributed by atoms with E-state index in [2.05, 4.69) is 10.6 Å². The van der Waals surface area contributed by atoms with Crippen molar-refractivity contribution in [1.82, 2.24) is 20.1 Å². The summed E-state index contributed by atoms with van der Waals surface area (Å²) in [6.45, 7) is 2.41. The van der Waals surface area contributed by atoms with Crippen LogP contribution in [0.4, 0.5) is 8.78 Å².